The second-order valence-corrected chi connectivity index (χ2v) is 5.78. The average Bonchev–Trinajstić information content (AvgIpc) is 2.59. The van der Waals surface area contributed by atoms with E-state index in [1.807, 2.05) is 48.5 Å². The summed E-state index contributed by atoms with van der Waals surface area (Å²) in [5.74, 6) is 0.389. The molecule has 122 valence electrons. The number of nitrogens with two attached hydrogens (primary N) is 1. The Bertz CT molecular complexity index is 658. The summed E-state index contributed by atoms with van der Waals surface area (Å²) in [5.41, 5.74) is 7.36. The first-order chi connectivity index (χ1) is 11.1. The Morgan fingerprint density at radius 1 is 1.22 bits per heavy atom. The molecular weight excluding hydrogens is 312 g/mol. The van der Waals surface area contributed by atoms with Gasteiger partial charge in [-0.2, -0.15) is 0 Å². The molecule has 3 N–H and O–H groups in total. The Labute approximate surface area is 141 Å². The Balaban J connectivity index is 2.38. The molecule has 0 aliphatic heterocycles. The topological polar surface area (TPSA) is 64.3 Å². The third-order valence-corrected chi connectivity index (χ3v) is 4.10. The number of benzene rings is 2. The molecule has 0 saturated carbocycles. The molecule has 23 heavy (non-hydrogen) atoms. The minimum atomic E-state index is -0.337. The summed E-state index contributed by atoms with van der Waals surface area (Å²) in [4.78, 5) is 12.3. The highest BCUT2D eigenvalue weighted by Gasteiger charge is 2.21. The van der Waals surface area contributed by atoms with Crippen molar-refractivity contribution in [3.8, 4) is 5.75 Å². The van der Waals surface area contributed by atoms with Crippen LogP contribution < -0.4 is 15.8 Å². The number of carbonyl (C=O) groups excluding carboxylic acids is 1. The number of amides is 1. The van der Waals surface area contributed by atoms with Crippen LogP contribution in [0.1, 0.15) is 24.1 Å². The summed E-state index contributed by atoms with van der Waals surface area (Å²) in [6.45, 7) is 2.09. The molecule has 0 bridgehead atoms. The molecule has 0 spiro atoms. The van der Waals surface area contributed by atoms with Crippen molar-refractivity contribution in [1.82, 2.24) is 5.32 Å². The maximum Gasteiger partial charge on any atom is 0.224 e. The van der Waals surface area contributed by atoms with Crippen molar-refractivity contribution < 1.29 is 9.53 Å². The number of carbonyl (C=O) groups is 1. The number of methoxy groups -OCH3 is 1. The molecule has 0 aromatic heterocycles. The van der Waals surface area contributed by atoms with Crippen LogP contribution in [0.3, 0.4) is 0 Å². The van der Waals surface area contributed by atoms with Crippen LogP contribution >= 0.6 is 11.6 Å². The molecule has 0 heterocycles. The van der Waals surface area contributed by atoms with Gasteiger partial charge in [0.1, 0.15) is 5.75 Å². The van der Waals surface area contributed by atoms with Gasteiger partial charge < -0.3 is 15.8 Å². The first-order valence-electron chi connectivity index (χ1n) is 7.45. The van der Waals surface area contributed by atoms with Gasteiger partial charge in [0.25, 0.3) is 0 Å². The molecule has 2 unspecified atom stereocenters. The third kappa shape index (κ3) is 4.24. The molecule has 2 aromatic carbocycles. The first-order valence-corrected chi connectivity index (χ1v) is 7.83. The van der Waals surface area contributed by atoms with Crippen LogP contribution in [0.25, 0.3) is 0 Å². The smallest absolute Gasteiger partial charge is 0.224 e. The van der Waals surface area contributed by atoms with Gasteiger partial charge in [0, 0.05) is 17.5 Å². The van der Waals surface area contributed by atoms with E-state index in [1.54, 1.807) is 14.0 Å². The van der Waals surface area contributed by atoms with E-state index in [0.29, 0.717) is 11.6 Å². The van der Waals surface area contributed by atoms with Crippen molar-refractivity contribution in [2.75, 3.05) is 13.7 Å². The molecule has 5 heteroatoms. The summed E-state index contributed by atoms with van der Waals surface area (Å²) >= 11 is 6.32. The highest BCUT2D eigenvalue weighted by Crippen LogP contribution is 2.29. The summed E-state index contributed by atoms with van der Waals surface area (Å²) in [6.07, 6.45) is 0. The zero-order valence-corrected chi connectivity index (χ0v) is 14.0. The highest BCUT2D eigenvalue weighted by atomic mass is 35.5. The van der Waals surface area contributed by atoms with Gasteiger partial charge >= 0.3 is 0 Å². The van der Waals surface area contributed by atoms with Gasteiger partial charge in [-0.25, -0.2) is 0 Å². The van der Waals surface area contributed by atoms with Crippen molar-refractivity contribution in [3.63, 3.8) is 0 Å². The molecule has 0 aliphatic carbocycles. The van der Waals surface area contributed by atoms with Crippen molar-refractivity contribution in [3.05, 3.63) is 64.7 Å². The van der Waals surface area contributed by atoms with Gasteiger partial charge in [-0.3, -0.25) is 4.79 Å². The lowest BCUT2D eigenvalue weighted by molar-refractivity contribution is -0.124. The predicted octanol–water partition coefficient (Wildman–Crippen LogP) is 3.15. The van der Waals surface area contributed by atoms with Crippen LogP contribution in [0.15, 0.2) is 48.5 Å². The summed E-state index contributed by atoms with van der Waals surface area (Å²) in [5, 5.41) is 3.64. The number of ether oxygens (including phenoxy) is 1. The standard InChI is InChI=1S/C18H21ClN2O2/c1-12(11-20)18(22)21-17(15-5-3-4-6-16(15)19)13-7-9-14(23-2)10-8-13/h3-10,12,17H,11,20H2,1-2H3,(H,21,22). The third-order valence-electron chi connectivity index (χ3n) is 3.75. The van der Waals surface area contributed by atoms with Gasteiger partial charge in [0.05, 0.1) is 13.2 Å². The van der Waals surface area contributed by atoms with Crippen LogP contribution in [0.2, 0.25) is 5.02 Å². The SMILES string of the molecule is COc1ccc(C(NC(=O)C(C)CN)c2ccccc2Cl)cc1. The van der Waals surface area contributed by atoms with Crippen LogP contribution in [-0.2, 0) is 4.79 Å². The number of hydrogen-bond acceptors (Lipinski definition) is 3. The van der Waals surface area contributed by atoms with Crippen molar-refractivity contribution in [1.29, 1.82) is 0 Å². The van der Waals surface area contributed by atoms with Gasteiger partial charge in [0.2, 0.25) is 5.91 Å². The molecule has 1 amide bonds. The minimum absolute atomic E-state index is 0.103. The van der Waals surface area contributed by atoms with E-state index in [2.05, 4.69) is 5.32 Å². The normalized spacial score (nSPS) is 13.2. The Morgan fingerprint density at radius 3 is 2.43 bits per heavy atom. The molecule has 0 radical (unpaired) electrons. The summed E-state index contributed by atoms with van der Waals surface area (Å²) in [7, 11) is 1.62. The molecule has 0 aliphatic rings. The lowest BCUT2D eigenvalue weighted by atomic mass is 9.97. The van der Waals surface area contributed by atoms with E-state index in [4.69, 9.17) is 22.1 Å². The maximum absolute atomic E-state index is 12.3. The lowest BCUT2D eigenvalue weighted by Crippen LogP contribution is -2.36. The summed E-state index contributed by atoms with van der Waals surface area (Å²) in [6, 6.07) is 14.7. The maximum atomic E-state index is 12.3. The van der Waals surface area contributed by atoms with Gasteiger partial charge in [0.15, 0.2) is 0 Å². The van der Waals surface area contributed by atoms with E-state index in [1.165, 1.54) is 0 Å². The minimum Gasteiger partial charge on any atom is -0.497 e. The molecule has 0 fully saturated rings. The molecule has 2 atom stereocenters. The predicted molar refractivity (Wildman–Crippen MR) is 92.7 cm³/mol. The fourth-order valence-electron chi connectivity index (χ4n) is 2.24. The van der Waals surface area contributed by atoms with Gasteiger partial charge in [-0.05, 0) is 29.3 Å². The molecule has 4 nitrogen and oxygen atoms in total. The van der Waals surface area contributed by atoms with E-state index in [9.17, 15) is 4.79 Å². The second kappa shape index (κ2) is 7.99. The van der Waals surface area contributed by atoms with Crippen molar-refractivity contribution in [2.24, 2.45) is 11.7 Å². The van der Waals surface area contributed by atoms with E-state index in [-0.39, 0.29) is 17.9 Å². The molecule has 2 aromatic rings. The number of hydrogen-bond donors (Lipinski definition) is 2. The number of halogens is 1. The zero-order chi connectivity index (χ0) is 16.8. The van der Waals surface area contributed by atoms with Crippen LogP contribution in [-0.4, -0.2) is 19.6 Å². The zero-order valence-electron chi connectivity index (χ0n) is 13.3. The Hall–Kier alpha value is -2.04. The highest BCUT2D eigenvalue weighted by molar-refractivity contribution is 6.31. The van der Waals surface area contributed by atoms with E-state index >= 15 is 0 Å². The van der Waals surface area contributed by atoms with Crippen molar-refractivity contribution in [2.45, 2.75) is 13.0 Å². The van der Waals surface area contributed by atoms with E-state index in [0.717, 1.165) is 16.9 Å². The van der Waals surface area contributed by atoms with Crippen LogP contribution in [0, 0.1) is 5.92 Å². The number of nitrogens with one attached hydrogen (secondary N) is 1. The first kappa shape index (κ1) is 17.3. The fraction of sp³-hybridized carbons (Fsp3) is 0.278. The number of rotatable bonds is 6. The quantitative estimate of drug-likeness (QED) is 0.854. The fourth-order valence-corrected chi connectivity index (χ4v) is 2.48. The monoisotopic (exact) mass is 332 g/mol. The average molecular weight is 333 g/mol. The van der Waals surface area contributed by atoms with Crippen LogP contribution in [0.4, 0.5) is 0 Å². The Morgan fingerprint density at radius 2 is 1.87 bits per heavy atom. The van der Waals surface area contributed by atoms with Crippen LogP contribution in [0.5, 0.6) is 5.75 Å². The lowest BCUT2D eigenvalue weighted by Gasteiger charge is -2.23. The van der Waals surface area contributed by atoms with Gasteiger partial charge in [-0.1, -0.05) is 48.9 Å². The second-order valence-electron chi connectivity index (χ2n) is 5.37. The largest absolute Gasteiger partial charge is 0.497 e. The van der Waals surface area contributed by atoms with Gasteiger partial charge in [-0.15, -0.1) is 0 Å². The molecular formula is C18H21ClN2O2. The molecule has 0 saturated heterocycles. The van der Waals surface area contributed by atoms with Crippen molar-refractivity contribution >= 4 is 17.5 Å². The summed E-state index contributed by atoms with van der Waals surface area (Å²) < 4.78 is 5.19. The van der Waals surface area contributed by atoms with E-state index < -0.39 is 0 Å². The molecule has 2 rings (SSSR count). The Kier molecular flexibility index (Phi) is 6.02.